The van der Waals surface area contributed by atoms with Gasteiger partial charge in [0.1, 0.15) is 17.7 Å². The highest BCUT2D eigenvalue weighted by Crippen LogP contribution is 2.29. The predicted octanol–water partition coefficient (Wildman–Crippen LogP) is 2.49. The molecule has 1 amide bonds. The van der Waals surface area contributed by atoms with E-state index in [0.29, 0.717) is 23.6 Å². The second-order valence-electron chi connectivity index (χ2n) is 3.83. The van der Waals surface area contributed by atoms with E-state index in [1.807, 2.05) is 19.1 Å². The highest BCUT2D eigenvalue weighted by atomic mass is 16.5. The summed E-state index contributed by atoms with van der Waals surface area (Å²) in [5.74, 6) is 0.341. The first-order chi connectivity index (χ1) is 9.26. The molecule has 0 saturated carbocycles. The molecule has 0 atom stereocenters. The Hall–Kier alpha value is -2.61. The number of ether oxygens (including phenoxy) is 1. The fourth-order valence-corrected chi connectivity index (χ4v) is 1.79. The van der Waals surface area contributed by atoms with Crippen LogP contribution in [0, 0.1) is 11.3 Å². The van der Waals surface area contributed by atoms with Gasteiger partial charge in [0.05, 0.1) is 18.4 Å². The van der Waals surface area contributed by atoms with Crippen molar-refractivity contribution >= 4 is 22.5 Å². The number of carbonyl (C=O) groups excluding carboxylic acids is 1. The summed E-state index contributed by atoms with van der Waals surface area (Å²) < 4.78 is 5.50. The van der Waals surface area contributed by atoms with Gasteiger partial charge in [0.2, 0.25) is 5.91 Å². The van der Waals surface area contributed by atoms with Crippen LogP contribution < -0.4 is 10.1 Å². The standard InChI is InChI=1S/C14H13N3O2/c1-2-19-12-6-5-11(17-13(18)7-8-15)10-4-3-9-16-14(10)12/h3-6,9H,2,7H2,1H3,(H,17,18). The molecule has 0 aliphatic rings. The predicted molar refractivity (Wildman–Crippen MR) is 71.8 cm³/mol. The van der Waals surface area contributed by atoms with Gasteiger partial charge < -0.3 is 10.1 Å². The molecule has 5 heteroatoms. The first kappa shape index (κ1) is 12.8. The largest absolute Gasteiger partial charge is 0.492 e. The highest BCUT2D eigenvalue weighted by molar-refractivity contribution is 6.03. The number of benzene rings is 1. The topological polar surface area (TPSA) is 75.0 Å². The summed E-state index contributed by atoms with van der Waals surface area (Å²) in [6, 6.07) is 8.98. The van der Waals surface area contributed by atoms with Crippen molar-refractivity contribution in [1.82, 2.24) is 4.98 Å². The molecule has 1 N–H and O–H groups in total. The molecule has 0 aliphatic carbocycles. The van der Waals surface area contributed by atoms with Crippen LogP contribution in [0.25, 0.3) is 10.9 Å². The molecule has 0 radical (unpaired) electrons. The normalized spacial score (nSPS) is 9.89. The highest BCUT2D eigenvalue weighted by Gasteiger charge is 2.09. The number of fused-ring (bicyclic) bond motifs is 1. The van der Waals surface area contributed by atoms with E-state index in [2.05, 4.69) is 10.3 Å². The Balaban J connectivity index is 2.44. The van der Waals surface area contributed by atoms with Gasteiger partial charge in [-0.1, -0.05) is 0 Å². The Morgan fingerprint density at radius 2 is 2.32 bits per heavy atom. The molecular weight excluding hydrogens is 242 g/mol. The number of rotatable bonds is 4. The van der Waals surface area contributed by atoms with Gasteiger partial charge in [-0.2, -0.15) is 5.26 Å². The summed E-state index contributed by atoms with van der Waals surface area (Å²) in [6.07, 6.45) is 1.50. The summed E-state index contributed by atoms with van der Waals surface area (Å²) in [4.78, 5) is 15.8. The van der Waals surface area contributed by atoms with Gasteiger partial charge in [0.25, 0.3) is 0 Å². The molecule has 0 saturated heterocycles. The van der Waals surface area contributed by atoms with Crippen molar-refractivity contribution in [3.63, 3.8) is 0 Å². The van der Waals surface area contributed by atoms with Crippen molar-refractivity contribution < 1.29 is 9.53 Å². The van der Waals surface area contributed by atoms with Gasteiger partial charge in [-0.15, -0.1) is 0 Å². The molecule has 2 rings (SSSR count). The molecule has 1 aromatic heterocycles. The van der Waals surface area contributed by atoms with Crippen LogP contribution in [0.1, 0.15) is 13.3 Å². The zero-order chi connectivity index (χ0) is 13.7. The molecule has 5 nitrogen and oxygen atoms in total. The number of carbonyl (C=O) groups is 1. The van der Waals surface area contributed by atoms with E-state index >= 15 is 0 Å². The molecule has 0 fully saturated rings. The molecule has 0 spiro atoms. The summed E-state index contributed by atoms with van der Waals surface area (Å²) in [7, 11) is 0. The third-order valence-corrected chi connectivity index (χ3v) is 2.55. The van der Waals surface area contributed by atoms with Crippen molar-refractivity contribution in [2.75, 3.05) is 11.9 Å². The second kappa shape index (κ2) is 5.83. The SMILES string of the molecule is CCOc1ccc(NC(=O)CC#N)c2cccnc12. The fourth-order valence-electron chi connectivity index (χ4n) is 1.79. The Bertz CT molecular complexity index is 647. The number of aromatic nitrogens is 1. The number of nitriles is 1. The van der Waals surface area contributed by atoms with E-state index in [-0.39, 0.29) is 12.3 Å². The van der Waals surface area contributed by atoms with Crippen molar-refractivity contribution in [2.45, 2.75) is 13.3 Å². The van der Waals surface area contributed by atoms with Crippen LogP contribution in [0.15, 0.2) is 30.5 Å². The lowest BCUT2D eigenvalue weighted by molar-refractivity contribution is -0.115. The monoisotopic (exact) mass is 255 g/mol. The minimum Gasteiger partial charge on any atom is -0.492 e. The van der Waals surface area contributed by atoms with Crippen molar-refractivity contribution in [2.24, 2.45) is 0 Å². The lowest BCUT2D eigenvalue weighted by Gasteiger charge is -2.11. The van der Waals surface area contributed by atoms with Crippen LogP contribution in [-0.2, 0) is 4.79 Å². The van der Waals surface area contributed by atoms with E-state index in [0.717, 1.165) is 5.39 Å². The Kier molecular flexibility index (Phi) is 3.94. The quantitative estimate of drug-likeness (QED) is 0.910. The molecule has 0 unspecified atom stereocenters. The van der Waals surface area contributed by atoms with Crippen molar-refractivity contribution in [1.29, 1.82) is 5.26 Å². The van der Waals surface area contributed by atoms with Crippen LogP contribution in [0.5, 0.6) is 5.75 Å². The molecular formula is C14H13N3O2. The van der Waals surface area contributed by atoms with Crippen LogP contribution in [0.3, 0.4) is 0 Å². The van der Waals surface area contributed by atoms with Crippen LogP contribution in [0.2, 0.25) is 0 Å². The minimum atomic E-state index is -0.336. The van der Waals surface area contributed by atoms with Crippen LogP contribution in [0.4, 0.5) is 5.69 Å². The van der Waals surface area contributed by atoms with E-state index in [4.69, 9.17) is 10.00 Å². The van der Waals surface area contributed by atoms with E-state index in [1.54, 1.807) is 24.4 Å². The lowest BCUT2D eigenvalue weighted by atomic mass is 10.1. The van der Waals surface area contributed by atoms with E-state index in [9.17, 15) is 4.79 Å². The maximum absolute atomic E-state index is 11.5. The lowest BCUT2D eigenvalue weighted by Crippen LogP contribution is -2.10. The van der Waals surface area contributed by atoms with Crippen molar-refractivity contribution in [3.8, 4) is 11.8 Å². The van der Waals surface area contributed by atoms with Crippen molar-refractivity contribution in [3.05, 3.63) is 30.5 Å². The number of hydrogen-bond donors (Lipinski definition) is 1. The molecule has 1 heterocycles. The molecule has 1 aromatic carbocycles. The average Bonchev–Trinajstić information content (AvgIpc) is 2.42. The third kappa shape index (κ3) is 2.80. The number of amides is 1. The van der Waals surface area contributed by atoms with Gasteiger partial charge in [-0.05, 0) is 31.2 Å². The Labute approximate surface area is 110 Å². The van der Waals surface area contributed by atoms with Gasteiger partial charge in [0, 0.05) is 11.6 Å². The summed E-state index contributed by atoms with van der Waals surface area (Å²) in [6.45, 7) is 2.45. The summed E-state index contributed by atoms with van der Waals surface area (Å²) in [5.41, 5.74) is 1.32. The molecule has 0 aliphatic heterocycles. The van der Waals surface area contributed by atoms with Gasteiger partial charge >= 0.3 is 0 Å². The van der Waals surface area contributed by atoms with Crippen LogP contribution in [-0.4, -0.2) is 17.5 Å². The first-order valence-corrected chi connectivity index (χ1v) is 5.93. The average molecular weight is 255 g/mol. The maximum Gasteiger partial charge on any atom is 0.238 e. The molecule has 19 heavy (non-hydrogen) atoms. The molecule has 96 valence electrons. The smallest absolute Gasteiger partial charge is 0.238 e. The fraction of sp³-hybridized carbons (Fsp3) is 0.214. The maximum atomic E-state index is 11.5. The number of pyridine rings is 1. The first-order valence-electron chi connectivity index (χ1n) is 5.93. The van der Waals surface area contributed by atoms with Gasteiger partial charge in [-0.25, -0.2) is 0 Å². The summed E-state index contributed by atoms with van der Waals surface area (Å²) in [5, 5.41) is 12.0. The summed E-state index contributed by atoms with van der Waals surface area (Å²) >= 11 is 0. The van der Waals surface area contributed by atoms with Gasteiger partial charge in [-0.3, -0.25) is 9.78 Å². The third-order valence-electron chi connectivity index (χ3n) is 2.55. The Morgan fingerprint density at radius 1 is 1.47 bits per heavy atom. The van der Waals surface area contributed by atoms with E-state index in [1.165, 1.54) is 0 Å². The van der Waals surface area contributed by atoms with Crippen LogP contribution >= 0.6 is 0 Å². The number of hydrogen-bond acceptors (Lipinski definition) is 4. The number of anilines is 1. The number of nitrogens with one attached hydrogen (secondary N) is 1. The molecule has 0 bridgehead atoms. The zero-order valence-corrected chi connectivity index (χ0v) is 10.5. The number of nitrogens with zero attached hydrogens (tertiary/aromatic N) is 2. The van der Waals surface area contributed by atoms with Gasteiger partial charge in [0.15, 0.2) is 0 Å². The van der Waals surface area contributed by atoms with E-state index < -0.39 is 0 Å². The zero-order valence-electron chi connectivity index (χ0n) is 10.5. The second-order valence-corrected chi connectivity index (χ2v) is 3.83. The molecule has 2 aromatic rings. The Morgan fingerprint density at radius 3 is 3.05 bits per heavy atom. The minimum absolute atomic E-state index is 0.172.